The molecule has 154 valence electrons. The summed E-state index contributed by atoms with van der Waals surface area (Å²) in [6, 6.07) is 20.2. The highest BCUT2D eigenvalue weighted by Gasteiger charge is 2.11. The molecule has 2 amide bonds. The molecule has 0 aromatic heterocycles. The van der Waals surface area contributed by atoms with Gasteiger partial charge in [-0.05, 0) is 61.4 Å². The van der Waals surface area contributed by atoms with Crippen LogP contribution < -0.4 is 20.7 Å². The van der Waals surface area contributed by atoms with Crippen molar-refractivity contribution in [2.45, 2.75) is 13.8 Å². The average Bonchev–Trinajstić information content (AvgIpc) is 2.75. The van der Waals surface area contributed by atoms with Gasteiger partial charge >= 0.3 is 0 Å². The summed E-state index contributed by atoms with van der Waals surface area (Å²) in [5.74, 6) is 0.230. The molecule has 6 nitrogen and oxygen atoms in total. The van der Waals surface area contributed by atoms with E-state index in [1.807, 2.05) is 68.4 Å². The number of benzene rings is 3. The number of hydrogen-bond acceptors (Lipinski definition) is 4. The van der Waals surface area contributed by atoms with Gasteiger partial charge in [0.05, 0.1) is 19.3 Å². The molecule has 30 heavy (non-hydrogen) atoms. The van der Waals surface area contributed by atoms with E-state index in [4.69, 9.17) is 4.74 Å². The maximum atomic E-state index is 12.4. The third-order valence-electron chi connectivity index (χ3n) is 4.69. The van der Waals surface area contributed by atoms with Crippen LogP contribution in [0.2, 0.25) is 0 Å². The van der Waals surface area contributed by atoms with Gasteiger partial charge < -0.3 is 20.7 Å². The van der Waals surface area contributed by atoms with Gasteiger partial charge in [0, 0.05) is 16.9 Å². The minimum atomic E-state index is -0.197. The molecule has 0 radical (unpaired) electrons. The molecule has 0 saturated carbocycles. The largest absolute Gasteiger partial charge is 0.495 e. The molecule has 3 aromatic carbocycles. The molecule has 0 spiro atoms. The van der Waals surface area contributed by atoms with Crippen molar-refractivity contribution in [2.24, 2.45) is 0 Å². The summed E-state index contributed by atoms with van der Waals surface area (Å²) in [5, 5.41) is 8.92. The molecule has 0 aliphatic rings. The molecule has 0 aliphatic heterocycles. The number of hydrogen-bond donors (Lipinski definition) is 3. The Balaban J connectivity index is 1.65. The Kier molecular flexibility index (Phi) is 6.70. The first-order chi connectivity index (χ1) is 14.5. The second kappa shape index (κ2) is 9.60. The van der Waals surface area contributed by atoms with E-state index >= 15 is 0 Å². The van der Waals surface area contributed by atoms with Gasteiger partial charge in [0.15, 0.2) is 0 Å². The fourth-order valence-electron chi connectivity index (χ4n) is 3.04. The van der Waals surface area contributed by atoms with Gasteiger partial charge in [0.2, 0.25) is 5.91 Å². The van der Waals surface area contributed by atoms with Crippen molar-refractivity contribution in [1.82, 2.24) is 0 Å². The van der Waals surface area contributed by atoms with Crippen molar-refractivity contribution in [2.75, 3.05) is 29.6 Å². The number of aryl methyl sites for hydroxylation is 1. The number of ether oxygens (including phenoxy) is 1. The van der Waals surface area contributed by atoms with E-state index in [0.717, 1.165) is 16.8 Å². The van der Waals surface area contributed by atoms with Crippen molar-refractivity contribution < 1.29 is 14.3 Å². The maximum Gasteiger partial charge on any atom is 0.255 e. The molecule has 6 heteroatoms. The lowest BCUT2D eigenvalue weighted by atomic mass is 10.1. The highest BCUT2D eigenvalue weighted by atomic mass is 16.5. The van der Waals surface area contributed by atoms with Crippen LogP contribution in [0.5, 0.6) is 5.75 Å². The molecule has 0 heterocycles. The van der Waals surface area contributed by atoms with Crippen molar-refractivity contribution in [3.63, 3.8) is 0 Å². The Bertz CT molecular complexity index is 1050. The lowest BCUT2D eigenvalue weighted by Crippen LogP contribution is -2.22. The zero-order valence-corrected chi connectivity index (χ0v) is 17.3. The van der Waals surface area contributed by atoms with Crippen LogP contribution in [0.15, 0.2) is 66.7 Å². The molecule has 0 saturated heterocycles. The molecule has 0 atom stereocenters. The lowest BCUT2D eigenvalue weighted by Gasteiger charge is -2.15. The standard InChI is InChI=1S/C24H25N3O3/c1-16-12-13-22(30-3)21(14-16)26-23(28)15-25-19-10-7-11-20(17(19)2)27-24(29)18-8-5-4-6-9-18/h4-14,25H,15H2,1-3H3,(H,26,28)(H,27,29). The van der Waals surface area contributed by atoms with Crippen molar-refractivity contribution >= 4 is 28.9 Å². The van der Waals surface area contributed by atoms with Gasteiger partial charge in [-0.1, -0.05) is 30.3 Å². The molecule has 0 aliphatic carbocycles. The summed E-state index contributed by atoms with van der Waals surface area (Å²) in [7, 11) is 1.57. The second-order valence-corrected chi connectivity index (χ2v) is 6.90. The summed E-state index contributed by atoms with van der Waals surface area (Å²) in [6.07, 6.45) is 0. The van der Waals surface area contributed by atoms with Crippen LogP contribution in [0.25, 0.3) is 0 Å². The van der Waals surface area contributed by atoms with Crippen LogP contribution in [0.1, 0.15) is 21.5 Å². The number of nitrogens with one attached hydrogen (secondary N) is 3. The Hall–Kier alpha value is -3.80. The molecule has 0 bridgehead atoms. The lowest BCUT2D eigenvalue weighted by molar-refractivity contribution is -0.114. The van der Waals surface area contributed by atoms with E-state index in [1.165, 1.54) is 0 Å². The average molecular weight is 403 g/mol. The minimum Gasteiger partial charge on any atom is -0.495 e. The monoisotopic (exact) mass is 403 g/mol. The van der Waals surface area contributed by atoms with Gasteiger partial charge in [-0.15, -0.1) is 0 Å². The van der Waals surface area contributed by atoms with Crippen molar-refractivity contribution in [3.8, 4) is 5.75 Å². The number of methoxy groups -OCH3 is 1. The molecule has 0 fully saturated rings. The molecule has 3 N–H and O–H groups in total. The predicted octanol–water partition coefficient (Wildman–Crippen LogP) is 4.61. The van der Waals surface area contributed by atoms with E-state index in [1.54, 1.807) is 19.2 Å². The predicted molar refractivity (Wildman–Crippen MR) is 120 cm³/mol. The van der Waals surface area contributed by atoms with E-state index < -0.39 is 0 Å². The fourth-order valence-corrected chi connectivity index (χ4v) is 3.04. The van der Waals surface area contributed by atoms with Crippen LogP contribution in [0, 0.1) is 13.8 Å². The van der Waals surface area contributed by atoms with Gasteiger partial charge in [0.1, 0.15) is 5.75 Å². The van der Waals surface area contributed by atoms with Crippen molar-refractivity contribution in [3.05, 3.63) is 83.4 Å². The Morgan fingerprint density at radius 1 is 0.833 bits per heavy atom. The summed E-state index contributed by atoms with van der Waals surface area (Å²) >= 11 is 0. The van der Waals surface area contributed by atoms with Crippen LogP contribution in [0.4, 0.5) is 17.1 Å². The van der Waals surface area contributed by atoms with E-state index in [-0.39, 0.29) is 18.4 Å². The van der Waals surface area contributed by atoms with Gasteiger partial charge in [-0.3, -0.25) is 9.59 Å². The maximum absolute atomic E-state index is 12.4. The number of amides is 2. The van der Waals surface area contributed by atoms with E-state index in [0.29, 0.717) is 22.7 Å². The Morgan fingerprint density at radius 2 is 1.57 bits per heavy atom. The van der Waals surface area contributed by atoms with E-state index in [2.05, 4.69) is 16.0 Å². The normalized spacial score (nSPS) is 10.2. The van der Waals surface area contributed by atoms with Crippen LogP contribution in [-0.2, 0) is 4.79 Å². The molecule has 0 unspecified atom stereocenters. The Labute approximate surface area is 176 Å². The second-order valence-electron chi connectivity index (χ2n) is 6.90. The van der Waals surface area contributed by atoms with Gasteiger partial charge in [-0.2, -0.15) is 0 Å². The molecule has 3 rings (SSSR count). The summed E-state index contributed by atoms with van der Waals surface area (Å²) < 4.78 is 5.30. The molecular formula is C24H25N3O3. The van der Waals surface area contributed by atoms with Crippen LogP contribution in [0.3, 0.4) is 0 Å². The zero-order valence-electron chi connectivity index (χ0n) is 17.3. The third-order valence-corrected chi connectivity index (χ3v) is 4.69. The SMILES string of the molecule is COc1ccc(C)cc1NC(=O)CNc1cccc(NC(=O)c2ccccc2)c1C. The summed E-state index contributed by atoms with van der Waals surface area (Å²) in [5.41, 5.74) is 4.55. The van der Waals surface area contributed by atoms with Crippen molar-refractivity contribution in [1.29, 1.82) is 0 Å². The highest BCUT2D eigenvalue weighted by molar-refractivity contribution is 6.05. The van der Waals surface area contributed by atoms with E-state index in [9.17, 15) is 9.59 Å². The summed E-state index contributed by atoms with van der Waals surface area (Å²) in [6.45, 7) is 3.92. The first-order valence-corrected chi connectivity index (χ1v) is 9.62. The topological polar surface area (TPSA) is 79.5 Å². The van der Waals surface area contributed by atoms with Gasteiger partial charge in [0.25, 0.3) is 5.91 Å². The quantitative estimate of drug-likeness (QED) is 0.538. The first-order valence-electron chi connectivity index (χ1n) is 9.62. The number of anilines is 3. The fraction of sp³-hybridized carbons (Fsp3) is 0.167. The highest BCUT2D eigenvalue weighted by Crippen LogP contribution is 2.26. The van der Waals surface area contributed by atoms with Gasteiger partial charge in [-0.25, -0.2) is 0 Å². The number of rotatable bonds is 7. The first kappa shape index (κ1) is 20.9. The number of carbonyl (C=O) groups excluding carboxylic acids is 2. The zero-order chi connectivity index (χ0) is 21.5. The molecule has 3 aromatic rings. The summed E-state index contributed by atoms with van der Waals surface area (Å²) in [4.78, 5) is 24.9. The van der Waals surface area contributed by atoms with Crippen LogP contribution >= 0.6 is 0 Å². The smallest absolute Gasteiger partial charge is 0.255 e. The molecular weight excluding hydrogens is 378 g/mol. The Morgan fingerprint density at radius 3 is 2.30 bits per heavy atom. The number of carbonyl (C=O) groups is 2. The third kappa shape index (κ3) is 5.17. The van der Waals surface area contributed by atoms with Crippen LogP contribution in [-0.4, -0.2) is 25.5 Å². The minimum absolute atomic E-state index is 0.0774.